The molecule has 1 aromatic rings. The van der Waals surface area contributed by atoms with E-state index in [-0.39, 0.29) is 0 Å². The molecule has 1 N–H and O–H groups in total. The standard InChI is InChI=1S/C14H21NO2/c1-16-14-4-2-3-12(11-14)7-10-17-13-5-8-15-9-6-13/h2-4,11,13,15H,5-10H2,1H3. The molecule has 0 bridgehead atoms. The number of ether oxygens (including phenoxy) is 2. The second-order valence-corrected chi connectivity index (χ2v) is 4.42. The van der Waals surface area contributed by atoms with Gasteiger partial charge in [0.05, 0.1) is 19.8 Å². The Bertz CT molecular complexity index is 335. The quantitative estimate of drug-likeness (QED) is 0.847. The highest BCUT2D eigenvalue weighted by Gasteiger charge is 2.12. The van der Waals surface area contributed by atoms with E-state index in [1.165, 1.54) is 5.56 Å². The molecule has 0 radical (unpaired) electrons. The van der Waals surface area contributed by atoms with Crippen LogP contribution in [0.2, 0.25) is 0 Å². The van der Waals surface area contributed by atoms with E-state index in [1.807, 2.05) is 12.1 Å². The number of hydrogen-bond donors (Lipinski definition) is 1. The molecule has 0 saturated carbocycles. The highest BCUT2D eigenvalue weighted by molar-refractivity contribution is 5.28. The van der Waals surface area contributed by atoms with E-state index in [0.717, 1.165) is 44.7 Å². The largest absolute Gasteiger partial charge is 0.497 e. The maximum absolute atomic E-state index is 5.88. The third kappa shape index (κ3) is 4.02. The van der Waals surface area contributed by atoms with E-state index in [2.05, 4.69) is 17.4 Å². The van der Waals surface area contributed by atoms with Crippen molar-refractivity contribution >= 4 is 0 Å². The van der Waals surface area contributed by atoms with Crippen LogP contribution >= 0.6 is 0 Å². The van der Waals surface area contributed by atoms with Crippen molar-refractivity contribution in [1.82, 2.24) is 5.32 Å². The van der Waals surface area contributed by atoms with Gasteiger partial charge in [0.1, 0.15) is 5.75 Å². The van der Waals surface area contributed by atoms with Crippen LogP contribution in [0.1, 0.15) is 18.4 Å². The average molecular weight is 235 g/mol. The zero-order valence-electron chi connectivity index (χ0n) is 10.4. The summed E-state index contributed by atoms with van der Waals surface area (Å²) in [6.07, 6.45) is 3.68. The first kappa shape index (κ1) is 12.4. The maximum Gasteiger partial charge on any atom is 0.119 e. The first-order chi connectivity index (χ1) is 8.38. The summed E-state index contributed by atoms with van der Waals surface area (Å²) in [5.41, 5.74) is 1.28. The molecule has 3 nitrogen and oxygen atoms in total. The number of piperidine rings is 1. The summed E-state index contributed by atoms with van der Waals surface area (Å²) in [5, 5.41) is 3.34. The van der Waals surface area contributed by atoms with Gasteiger partial charge in [0.15, 0.2) is 0 Å². The van der Waals surface area contributed by atoms with E-state index >= 15 is 0 Å². The summed E-state index contributed by atoms with van der Waals surface area (Å²) in [6.45, 7) is 2.98. The van der Waals surface area contributed by atoms with Gasteiger partial charge >= 0.3 is 0 Å². The van der Waals surface area contributed by atoms with Gasteiger partial charge in [0.25, 0.3) is 0 Å². The fourth-order valence-electron chi connectivity index (χ4n) is 2.13. The SMILES string of the molecule is COc1cccc(CCOC2CCNCC2)c1. The molecule has 1 heterocycles. The van der Waals surface area contributed by atoms with Gasteiger partial charge in [-0.15, -0.1) is 0 Å². The highest BCUT2D eigenvalue weighted by Crippen LogP contribution is 2.14. The fraction of sp³-hybridized carbons (Fsp3) is 0.571. The lowest BCUT2D eigenvalue weighted by molar-refractivity contribution is 0.0349. The third-order valence-electron chi connectivity index (χ3n) is 3.16. The van der Waals surface area contributed by atoms with Crippen molar-refractivity contribution in [1.29, 1.82) is 0 Å². The number of hydrogen-bond acceptors (Lipinski definition) is 3. The summed E-state index contributed by atoms with van der Waals surface area (Å²) >= 11 is 0. The molecule has 17 heavy (non-hydrogen) atoms. The van der Waals surface area contributed by atoms with Gasteiger partial charge in [-0.3, -0.25) is 0 Å². The second kappa shape index (κ2) is 6.62. The Kier molecular flexibility index (Phi) is 4.83. The minimum absolute atomic E-state index is 0.446. The van der Waals surface area contributed by atoms with Crippen LogP contribution in [0.15, 0.2) is 24.3 Å². The van der Waals surface area contributed by atoms with E-state index in [0.29, 0.717) is 6.10 Å². The molecule has 94 valence electrons. The fourth-order valence-corrected chi connectivity index (χ4v) is 2.13. The van der Waals surface area contributed by atoms with E-state index in [4.69, 9.17) is 9.47 Å². The number of methoxy groups -OCH3 is 1. The number of benzene rings is 1. The topological polar surface area (TPSA) is 30.5 Å². The van der Waals surface area contributed by atoms with Crippen LogP contribution in [0.4, 0.5) is 0 Å². The van der Waals surface area contributed by atoms with Crippen LogP contribution in [0.25, 0.3) is 0 Å². The Balaban J connectivity index is 1.73. The van der Waals surface area contributed by atoms with Gasteiger partial charge < -0.3 is 14.8 Å². The zero-order valence-corrected chi connectivity index (χ0v) is 10.4. The van der Waals surface area contributed by atoms with Gasteiger partial charge in [-0.05, 0) is 50.0 Å². The van der Waals surface area contributed by atoms with Crippen molar-refractivity contribution in [3.8, 4) is 5.75 Å². The van der Waals surface area contributed by atoms with Crippen LogP contribution in [-0.2, 0) is 11.2 Å². The molecule has 1 saturated heterocycles. The molecule has 1 fully saturated rings. The van der Waals surface area contributed by atoms with E-state index in [9.17, 15) is 0 Å². The minimum Gasteiger partial charge on any atom is -0.497 e. The smallest absolute Gasteiger partial charge is 0.119 e. The van der Waals surface area contributed by atoms with Crippen molar-refractivity contribution in [3.05, 3.63) is 29.8 Å². The molecule has 1 aromatic carbocycles. The Morgan fingerprint density at radius 1 is 1.29 bits per heavy atom. The van der Waals surface area contributed by atoms with E-state index in [1.54, 1.807) is 7.11 Å². The van der Waals surface area contributed by atoms with Crippen LogP contribution in [0.5, 0.6) is 5.75 Å². The molecule has 0 spiro atoms. The first-order valence-electron chi connectivity index (χ1n) is 6.34. The zero-order chi connectivity index (χ0) is 11.9. The van der Waals surface area contributed by atoms with Crippen LogP contribution in [0.3, 0.4) is 0 Å². The monoisotopic (exact) mass is 235 g/mol. The van der Waals surface area contributed by atoms with Crippen molar-refractivity contribution in [2.45, 2.75) is 25.4 Å². The molecular formula is C14H21NO2. The molecule has 0 amide bonds. The lowest BCUT2D eigenvalue weighted by atomic mass is 10.1. The van der Waals surface area contributed by atoms with Crippen molar-refractivity contribution < 1.29 is 9.47 Å². The van der Waals surface area contributed by atoms with Crippen molar-refractivity contribution in [3.63, 3.8) is 0 Å². The van der Waals surface area contributed by atoms with Gasteiger partial charge in [0, 0.05) is 0 Å². The second-order valence-electron chi connectivity index (χ2n) is 4.42. The summed E-state index contributed by atoms with van der Waals surface area (Å²) in [6, 6.07) is 8.19. The van der Waals surface area contributed by atoms with Crippen molar-refractivity contribution in [2.24, 2.45) is 0 Å². The molecule has 0 atom stereocenters. The Labute approximate surface area is 103 Å². The van der Waals surface area contributed by atoms with Gasteiger partial charge in [-0.1, -0.05) is 12.1 Å². The molecule has 0 aliphatic carbocycles. The lowest BCUT2D eigenvalue weighted by Gasteiger charge is -2.22. The predicted octanol–water partition coefficient (Wildman–Crippen LogP) is 2.01. The molecule has 2 rings (SSSR count). The summed E-state index contributed by atoms with van der Waals surface area (Å²) in [4.78, 5) is 0. The lowest BCUT2D eigenvalue weighted by Crippen LogP contribution is -2.32. The molecular weight excluding hydrogens is 214 g/mol. The molecule has 0 aromatic heterocycles. The minimum atomic E-state index is 0.446. The van der Waals surface area contributed by atoms with Crippen LogP contribution < -0.4 is 10.1 Å². The molecule has 0 unspecified atom stereocenters. The first-order valence-corrected chi connectivity index (χ1v) is 6.34. The summed E-state index contributed by atoms with van der Waals surface area (Å²) < 4.78 is 11.1. The summed E-state index contributed by atoms with van der Waals surface area (Å²) in [7, 11) is 1.70. The number of nitrogens with one attached hydrogen (secondary N) is 1. The van der Waals surface area contributed by atoms with Crippen LogP contribution in [0, 0.1) is 0 Å². The van der Waals surface area contributed by atoms with Gasteiger partial charge in [-0.25, -0.2) is 0 Å². The Morgan fingerprint density at radius 2 is 2.12 bits per heavy atom. The normalized spacial score (nSPS) is 17.0. The maximum atomic E-state index is 5.88. The van der Waals surface area contributed by atoms with Gasteiger partial charge in [0.2, 0.25) is 0 Å². The molecule has 1 aliphatic heterocycles. The average Bonchev–Trinajstić information content (AvgIpc) is 2.40. The Morgan fingerprint density at radius 3 is 2.88 bits per heavy atom. The third-order valence-corrected chi connectivity index (χ3v) is 3.16. The van der Waals surface area contributed by atoms with Crippen LogP contribution in [-0.4, -0.2) is 32.9 Å². The Hall–Kier alpha value is -1.06. The molecule has 1 aliphatic rings. The van der Waals surface area contributed by atoms with Crippen molar-refractivity contribution in [2.75, 3.05) is 26.8 Å². The predicted molar refractivity (Wildman–Crippen MR) is 68.5 cm³/mol. The van der Waals surface area contributed by atoms with E-state index < -0.39 is 0 Å². The number of rotatable bonds is 5. The highest BCUT2D eigenvalue weighted by atomic mass is 16.5. The summed E-state index contributed by atoms with van der Waals surface area (Å²) in [5.74, 6) is 0.921. The van der Waals surface area contributed by atoms with Gasteiger partial charge in [-0.2, -0.15) is 0 Å². The molecule has 3 heteroatoms.